The van der Waals surface area contributed by atoms with Gasteiger partial charge in [0.1, 0.15) is 0 Å². The van der Waals surface area contributed by atoms with E-state index in [-0.39, 0.29) is 0 Å². The minimum atomic E-state index is 0.954. The third-order valence-corrected chi connectivity index (χ3v) is 4.29. The van der Waals surface area contributed by atoms with Crippen LogP contribution in [0.3, 0.4) is 0 Å². The summed E-state index contributed by atoms with van der Waals surface area (Å²) in [4.78, 5) is 5.61. The van der Waals surface area contributed by atoms with Crippen molar-refractivity contribution in [1.29, 1.82) is 0 Å². The monoisotopic (exact) mass is 274 g/mol. The molecule has 0 fully saturated rings. The highest BCUT2D eigenvalue weighted by atomic mass is 79.9. The molecule has 0 unspecified atom stereocenters. The van der Waals surface area contributed by atoms with E-state index in [2.05, 4.69) is 37.0 Å². The van der Waals surface area contributed by atoms with Gasteiger partial charge in [0, 0.05) is 16.9 Å². The lowest BCUT2D eigenvalue weighted by atomic mass is 10.4. The summed E-state index contributed by atoms with van der Waals surface area (Å²) >= 11 is 6.80. The SMILES string of the molecule is CNc1nc(-c2sccc2Br)cs1. The first-order valence-electron chi connectivity index (χ1n) is 3.68. The Morgan fingerprint density at radius 1 is 1.46 bits per heavy atom. The van der Waals surface area contributed by atoms with E-state index < -0.39 is 0 Å². The Morgan fingerprint density at radius 2 is 2.31 bits per heavy atom. The Balaban J connectivity index is 2.41. The van der Waals surface area contributed by atoms with Crippen LogP contribution in [-0.4, -0.2) is 12.0 Å². The molecule has 0 radical (unpaired) electrons. The number of hydrogen-bond acceptors (Lipinski definition) is 4. The Bertz CT molecular complexity index is 408. The highest BCUT2D eigenvalue weighted by molar-refractivity contribution is 9.10. The molecule has 2 rings (SSSR count). The summed E-state index contributed by atoms with van der Waals surface area (Å²) in [7, 11) is 1.88. The van der Waals surface area contributed by atoms with Gasteiger partial charge in [-0.3, -0.25) is 0 Å². The van der Waals surface area contributed by atoms with E-state index in [1.54, 1.807) is 22.7 Å². The molecule has 0 aliphatic heterocycles. The third kappa shape index (κ3) is 1.77. The number of thiophene rings is 1. The van der Waals surface area contributed by atoms with Gasteiger partial charge >= 0.3 is 0 Å². The summed E-state index contributed by atoms with van der Waals surface area (Å²) in [6.45, 7) is 0. The Morgan fingerprint density at radius 3 is 2.85 bits per heavy atom. The molecule has 0 amide bonds. The van der Waals surface area contributed by atoms with Gasteiger partial charge in [-0.25, -0.2) is 4.98 Å². The van der Waals surface area contributed by atoms with Crippen molar-refractivity contribution in [3.8, 4) is 10.6 Å². The zero-order chi connectivity index (χ0) is 9.26. The third-order valence-electron chi connectivity index (χ3n) is 1.57. The lowest BCUT2D eigenvalue weighted by Gasteiger charge is -1.91. The van der Waals surface area contributed by atoms with Crippen LogP contribution in [0, 0.1) is 0 Å². The number of thiazole rings is 1. The fourth-order valence-corrected chi connectivity index (χ4v) is 3.24. The number of rotatable bonds is 2. The van der Waals surface area contributed by atoms with E-state index in [0.29, 0.717) is 0 Å². The summed E-state index contributed by atoms with van der Waals surface area (Å²) in [5.74, 6) is 0. The number of nitrogens with one attached hydrogen (secondary N) is 1. The summed E-state index contributed by atoms with van der Waals surface area (Å²) < 4.78 is 1.12. The molecule has 0 saturated heterocycles. The van der Waals surface area contributed by atoms with Crippen LogP contribution in [0.2, 0.25) is 0 Å². The maximum absolute atomic E-state index is 4.42. The van der Waals surface area contributed by atoms with Crippen LogP contribution in [0.4, 0.5) is 5.13 Å². The smallest absolute Gasteiger partial charge is 0.182 e. The van der Waals surface area contributed by atoms with Gasteiger partial charge in [0.15, 0.2) is 5.13 Å². The largest absolute Gasteiger partial charge is 0.365 e. The second-order valence-corrected chi connectivity index (χ2v) is 5.01. The minimum absolute atomic E-state index is 0.954. The maximum atomic E-state index is 4.42. The van der Waals surface area contributed by atoms with Gasteiger partial charge in [-0.05, 0) is 27.4 Å². The van der Waals surface area contributed by atoms with Crippen molar-refractivity contribution in [1.82, 2.24) is 4.98 Å². The first-order valence-corrected chi connectivity index (χ1v) is 6.23. The zero-order valence-corrected chi connectivity index (χ0v) is 10.1. The second-order valence-electron chi connectivity index (χ2n) is 2.39. The number of anilines is 1. The molecular weight excluding hydrogens is 268 g/mol. The fourth-order valence-electron chi connectivity index (χ4n) is 0.969. The molecule has 68 valence electrons. The van der Waals surface area contributed by atoms with Gasteiger partial charge in [0.05, 0.1) is 10.6 Å². The van der Waals surface area contributed by atoms with E-state index in [9.17, 15) is 0 Å². The Hall–Kier alpha value is -0.390. The summed E-state index contributed by atoms with van der Waals surface area (Å²) in [6.07, 6.45) is 0. The van der Waals surface area contributed by atoms with E-state index in [1.165, 1.54) is 4.88 Å². The van der Waals surface area contributed by atoms with Crippen LogP contribution in [0.15, 0.2) is 21.3 Å². The molecule has 2 nitrogen and oxygen atoms in total. The zero-order valence-electron chi connectivity index (χ0n) is 6.87. The van der Waals surface area contributed by atoms with E-state index in [4.69, 9.17) is 0 Å². The molecule has 0 aliphatic rings. The van der Waals surface area contributed by atoms with E-state index in [1.807, 2.05) is 13.1 Å². The highest BCUT2D eigenvalue weighted by Crippen LogP contribution is 2.34. The second kappa shape index (κ2) is 3.77. The number of hydrogen-bond donors (Lipinski definition) is 1. The Kier molecular flexibility index (Phi) is 2.66. The molecule has 5 heteroatoms. The molecule has 0 aliphatic carbocycles. The van der Waals surface area contributed by atoms with Crippen LogP contribution in [0.1, 0.15) is 0 Å². The minimum Gasteiger partial charge on any atom is -0.365 e. The molecule has 2 aromatic heterocycles. The topological polar surface area (TPSA) is 24.9 Å². The van der Waals surface area contributed by atoms with Crippen LogP contribution in [-0.2, 0) is 0 Å². The molecule has 0 aromatic carbocycles. The van der Waals surface area contributed by atoms with Gasteiger partial charge in [-0.1, -0.05) is 0 Å². The Labute approximate surface area is 92.8 Å². The molecular formula is C8H7BrN2S2. The van der Waals surface area contributed by atoms with Gasteiger partial charge in [-0.2, -0.15) is 0 Å². The van der Waals surface area contributed by atoms with Gasteiger partial charge in [0.2, 0.25) is 0 Å². The van der Waals surface area contributed by atoms with E-state index in [0.717, 1.165) is 15.3 Å². The predicted octanol–water partition coefficient (Wildman–Crippen LogP) is 3.68. The number of nitrogens with zero attached hydrogens (tertiary/aromatic N) is 1. The van der Waals surface area contributed by atoms with Crippen molar-refractivity contribution < 1.29 is 0 Å². The lowest BCUT2D eigenvalue weighted by Crippen LogP contribution is -1.85. The molecule has 13 heavy (non-hydrogen) atoms. The molecule has 0 atom stereocenters. The molecule has 1 N–H and O–H groups in total. The standard InChI is InChI=1S/C8H7BrN2S2/c1-10-8-11-6(4-13-8)7-5(9)2-3-12-7/h2-4H,1H3,(H,10,11). The lowest BCUT2D eigenvalue weighted by molar-refractivity contribution is 1.37. The van der Waals surface area contributed by atoms with Gasteiger partial charge in [-0.15, -0.1) is 22.7 Å². The van der Waals surface area contributed by atoms with Crippen molar-refractivity contribution >= 4 is 43.7 Å². The summed E-state index contributed by atoms with van der Waals surface area (Å²) in [5, 5.41) is 8.09. The summed E-state index contributed by atoms with van der Waals surface area (Å²) in [6, 6.07) is 2.04. The van der Waals surface area contributed by atoms with Crippen LogP contribution in [0.5, 0.6) is 0 Å². The molecule has 2 heterocycles. The normalized spacial score (nSPS) is 10.3. The first kappa shape index (κ1) is 9.18. The van der Waals surface area contributed by atoms with Gasteiger partial charge < -0.3 is 5.32 Å². The summed E-state index contributed by atoms with van der Waals surface area (Å²) in [5.41, 5.74) is 1.04. The van der Waals surface area contributed by atoms with Crippen molar-refractivity contribution in [2.45, 2.75) is 0 Å². The van der Waals surface area contributed by atoms with Crippen LogP contribution in [0.25, 0.3) is 10.6 Å². The highest BCUT2D eigenvalue weighted by Gasteiger charge is 2.07. The molecule has 0 spiro atoms. The maximum Gasteiger partial charge on any atom is 0.182 e. The quantitative estimate of drug-likeness (QED) is 0.904. The molecule has 0 saturated carbocycles. The van der Waals surface area contributed by atoms with Crippen molar-refractivity contribution in [3.63, 3.8) is 0 Å². The molecule has 0 bridgehead atoms. The first-order chi connectivity index (χ1) is 6.31. The van der Waals surface area contributed by atoms with E-state index >= 15 is 0 Å². The fraction of sp³-hybridized carbons (Fsp3) is 0.125. The van der Waals surface area contributed by atoms with Crippen molar-refractivity contribution in [3.05, 3.63) is 21.3 Å². The van der Waals surface area contributed by atoms with Crippen LogP contribution < -0.4 is 5.32 Å². The average molecular weight is 275 g/mol. The van der Waals surface area contributed by atoms with Gasteiger partial charge in [0.25, 0.3) is 0 Å². The average Bonchev–Trinajstić information content (AvgIpc) is 2.71. The number of halogens is 1. The van der Waals surface area contributed by atoms with Crippen LogP contribution >= 0.6 is 38.6 Å². The van der Waals surface area contributed by atoms with Crippen molar-refractivity contribution in [2.75, 3.05) is 12.4 Å². The predicted molar refractivity (Wildman–Crippen MR) is 62.7 cm³/mol. The number of aromatic nitrogens is 1. The molecule has 2 aromatic rings. The van der Waals surface area contributed by atoms with Crippen molar-refractivity contribution in [2.24, 2.45) is 0 Å².